The van der Waals surface area contributed by atoms with Crippen LogP contribution in [0.1, 0.15) is 5.56 Å². The summed E-state index contributed by atoms with van der Waals surface area (Å²) in [7, 11) is 0. The molecule has 6 heteroatoms. The molecule has 0 spiro atoms. The van der Waals surface area contributed by atoms with Gasteiger partial charge in [0.25, 0.3) is 0 Å². The van der Waals surface area contributed by atoms with Crippen LogP contribution < -0.4 is 10.6 Å². The van der Waals surface area contributed by atoms with E-state index in [9.17, 15) is 18.0 Å². The summed E-state index contributed by atoms with van der Waals surface area (Å²) in [5.41, 5.74) is 0.661. The van der Waals surface area contributed by atoms with Gasteiger partial charge in [0.1, 0.15) is 17.5 Å². The van der Waals surface area contributed by atoms with E-state index >= 15 is 0 Å². The van der Waals surface area contributed by atoms with Crippen molar-refractivity contribution in [2.75, 3.05) is 11.9 Å². The van der Waals surface area contributed by atoms with Crippen LogP contribution in [-0.2, 0) is 11.3 Å². The van der Waals surface area contributed by atoms with Crippen LogP contribution in [0.5, 0.6) is 0 Å². The van der Waals surface area contributed by atoms with Crippen molar-refractivity contribution in [1.82, 2.24) is 5.32 Å². The van der Waals surface area contributed by atoms with Crippen molar-refractivity contribution in [3.63, 3.8) is 0 Å². The van der Waals surface area contributed by atoms with Crippen molar-refractivity contribution in [1.29, 1.82) is 0 Å². The topological polar surface area (TPSA) is 41.1 Å². The van der Waals surface area contributed by atoms with E-state index in [4.69, 9.17) is 0 Å². The summed E-state index contributed by atoms with van der Waals surface area (Å²) in [6.45, 7) is 0.0357. The molecule has 3 nitrogen and oxygen atoms in total. The highest BCUT2D eigenvalue weighted by Crippen LogP contribution is 2.14. The molecule has 2 rings (SSSR count). The van der Waals surface area contributed by atoms with E-state index in [-0.39, 0.29) is 30.5 Å². The van der Waals surface area contributed by atoms with Crippen LogP contribution in [0.3, 0.4) is 0 Å². The number of carbonyl (C=O) groups excluding carboxylic acids is 1. The SMILES string of the molecule is O=C(CNc1cc(F)ccc1F)NCc1ccc(F)cc1. The van der Waals surface area contributed by atoms with Gasteiger partial charge in [-0.15, -0.1) is 0 Å². The van der Waals surface area contributed by atoms with Gasteiger partial charge < -0.3 is 10.6 Å². The highest BCUT2D eigenvalue weighted by atomic mass is 19.1. The molecule has 2 N–H and O–H groups in total. The summed E-state index contributed by atoms with van der Waals surface area (Å²) in [6.07, 6.45) is 0. The number of rotatable bonds is 5. The fraction of sp³-hybridized carbons (Fsp3) is 0.133. The van der Waals surface area contributed by atoms with Gasteiger partial charge in [0, 0.05) is 6.54 Å². The molecule has 0 bridgehead atoms. The maximum atomic E-state index is 13.3. The molecule has 0 aliphatic rings. The van der Waals surface area contributed by atoms with Gasteiger partial charge in [-0.3, -0.25) is 4.79 Å². The van der Waals surface area contributed by atoms with Gasteiger partial charge in [-0.2, -0.15) is 0 Å². The van der Waals surface area contributed by atoms with Crippen LogP contribution in [0.2, 0.25) is 0 Å². The lowest BCUT2D eigenvalue weighted by Crippen LogP contribution is -2.29. The van der Waals surface area contributed by atoms with Gasteiger partial charge in [-0.05, 0) is 35.9 Å². The minimum atomic E-state index is -0.636. The second-order valence-corrected chi connectivity index (χ2v) is 4.38. The second-order valence-electron chi connectivity index (χ2n) is 4.38. The Morgan fingerprint density at radius 2 is 1.62 bits per heavy atom. The van der Waals surface area contributed by atoms with E-state index in [0.717, 1.165) is 23.8 Å². The molecule has 0 saturated carbocycles. The van der Waals surface area contributed by atoms with E-state index in [0.29, 0.717) is 0 Å². The first-order valence-electron chi connectivity index (χ1n) is 6.24. The third-order valence-electron chi connectivity index (χ3n) is 2.77. The van der Waals surface area contributed by atoms with Crippen molar-refractivity contribution in [2.45, 2.75) is 6.54 Å². The van der Waals surface area contributed by atoms with Crippen molar-refractivity contribution < 1.29 is 18.0 Å². The number of anilines is 1. The minimum absolute atomic E-state index is 0.0769. The zero-order chi connectivity index (χ0) is 15.2. The molecule has 0 unspecified atom stereocenters. The average Bonchev–Trinajstić information content (AvgIpc) is 2.47. The molecule has 0 saturated heterocycles. The first-order chi connectivity index (χ1) is 10.0. The van der Waals surface area contributed by atoms with Gasteiger partial charge in [-0.25, -0.2) is 13.2 Å². The quantitative estimate of drug-likeness (QED) is 0.890. The predicted molar refractivity (Wildman–Crippen MR) is 73.1 cm³/mol. The first kappa shape index (κ1) is 14.9. The summed E-state index contributed by atoms with van der Waals surface area (Å²) < 4.78 is 38.9. The fourth-order valence-corrected chi connectivity index (χ4v) is 1.67. The zero-order valence-electron chi connectivity index (χ0n) is 11.0. The minimum Gasteiger partial charge on any atom is -0.374 e. The summed E-state index contributed by atoms with van der Waals surface area (Å²) >= 11 is 0. The highest BCUT2D eigenvalue weighted by Gasteiger charge is 2.06. The lowest BCUT2D eigenvalue weighted by atomic mass is 10.2. The number of carbonyl (C=O) groups is 1. The molecule has 0 aliphatic carbocycles. The average molecular weight is 294 g/mol. The fourth-order valence-electron chi connectivity index (χ4n) is 1.67. The third kappa shape index (κ3) is 4.52. The molecule has 0 radical (unpaired) electrons. The molecule has 0 atom stereocenters. The molecule has 0 fully saturated rings. The van der Waals surface area contributed by atoms with Crippen molar-refractivity contribution >= 4 is 11.6 Å². The second kappa shape index (κ2) is 6.78. The number of benzene rings is 2. The number of hydrogen-bond donors (Lipinski definition) is 2. The Balaban J connectivity index is 1.82. The van der Waals surface area contributed by atoms with Gasteiger partial charge >= 0.3 is 0 Å². The zero-order valence-corrected chi connectivity index (χ0v) is 11.0. The molecule has 2 aromatic rings. The summed E-state index contributed by atoms with van der Waals surface area (Å²) in [5.74, 6) is -1.97. The van der Waals surface area contributed by atoms with Crippen molar-refractivity contribution in [3.8, 4) is 0 Å². The Morgan fingerprint density at radius 3 is 2.33 bits per heavy atom. The van der Waals surface area contributed by atoms with Crippen LogP contribution in [-0.4, -0.2) is 12.5 Å². The Kier molecular flexibility index (Phi) is 4.81. The summed E-state index contributed by atoms with van der Waals surface area (Å²) in [5, 5.41) is 5.09. The lowest BCUT2D eigenvalue weighted by molar-refractivity contribution is -0.119. The van der Waals surface area contributed by atoms with Crippen molar-refractivity contribution in [2.24, 2.45) is 0 Å². The van der Waals surface area contributed by atoms with Gasteiger partial charge in [0.2, 0.25) is 5.91 Å². The van der Waals surface area contributed by atoms with Crippen LogP contribution >= 0.6 is 0 Å². The highest BCUT2D eigenvalue weighted by molar-refractivity contribution is 5.80. The molecule has 0 aromatic heterocycles. The molecule has 21 heavy (non-hydrogen) atoms. The molecule has 0 aliphatic heterocycles. The Morgan fingerprint density at radius 1 is 0.952 bits per heavy atom. The van der Waals surface area contributed by atoms with E-state index in [1.165, 1.54) is 12.1 Å². The first-order valence-corrected chi connectivity index (χ1v) is 6.24. The molecular weight excluding hydrogens is 281 g/mol. The predicted octanol–water partition coefficient (Wildman–Crippen LogP) is 2.83. The molecule has 110 valence electrons. The normalized spacial score (nSPS) is 10.2. The largest absolute Gasteiger partial charge is 0.374 e. The Hall–Kier alpha value is -2.50. The smallest absolute Gasteiger partial charge is 0.239 e. The van der Waals surface area contributed by atoms with Crippen molar-refractivity contribution in [3.05, 3.63) is 65.5 Å². The van der Waals surface area contributed by atoms with E-state index in [1.807, 2.05) is 0 Å². The maximum absolute atomic E-state index is 13.3. The van der Waals surface area contributed by atoms with E-state index in [1.54, 1.807) is 12.1 Å². The molecule has 1 amide bonds. The summed E-state index contributed by atoms with van der Waals surface area (Å²) in [6, 6.07) is 8.64. The Labute approximate surface area is 119 Å². The van der Waals surface area contributed by atoms with E-state index < -0.39 is 11.6 Å². The van der Waals surface area contributed by atoms with Crippen LogP contribution in [0.25, 0.3) is 0 Å². The number of nitrogens with one attached hydrogen (secondary N) is 2. The Bertz CT molecular complexity index is 629. The van der Waals surface area contributed by atoms with Crippen LogP contribution in [0.4, 0.5) is 18.9 Å². The third-order valence-corrected chi connectivity index (χ3v) is 2.77. The monoisotopic (exact) mass is 294 g/mol. The molecule has 2 aromatic carbocycles. The van der Waals surface area contributed by atoms with Gasteiger partial charge in [-0.1, -0.05) is 12.1 Å². The number of amides is 1. The molecule has 0 heterocycles. The van der Waals surface area contributed by atoms with Crippen LogP contribution in [0.15, 0.2) is 42.5 Å². The number of halogens is 3. The van der Waals surface area contributed by atoms with E-state index in [2.05, 4.69) is 10.6 Å². The lowest BCUT2D eigenvalue weighted by Gasteiger charge is -2.09. The van der Waals surface area contributed by atoms with Crippen LogP contribution in [0, 0.1) is 17.5 Å². The standard InChI is InChI=1S/C15H13F3N2O/c16-11-3-1-10(2-4-11)8-20-15(21)9-19-14-7-12(17)5-6-13(14)18/h1-7,19H,8-9H2,(H,20,21). The maximum Gasteiger partial charge on any atom is 0.239 e. The number of hydrogen-bond acceptors (Lipinski definition) is 2. The van der Waals surface area contributed by atoms with Gasteiger partial charge in [0.05, 0.1) is 12.2 Å². The summed E-state index contributed by atoms with van der Waals surface area (Å²) in [4.78, 5) is 11.6. The molecular formula is C15H13F3N2O. The van der Waals surface area contributed by atoms with Gasteiger partial charge in [0.15, 0.2) is 0 Å².